The van der Waals surface area contributed by atoms with Crippen LogP contribution in [0, 0.1) is 5.92 Å². The Hall–Kier alpha value is -3.15. The Bertz CT molecular complexity index is 1030. The molecule has 3 N–H and O–H groups in total. The summed E-state index contributed by atoms with van der Waals surface area (Å²) < 4.78 is 81.6. The number of anilines is 1. The van der Waals surface area contributed by atoms with Crippen molar-refractivity contribution in [3.8, 4) is 5.75 Å². The summed E-state index contributed by atoms with van der Waals surface area (Å²) in [5.74, 6) is -2.18. The molecule has 2 aromatic rings. The van der Waals surface area contributed by atoms with Crippen LogP contribution >= 0.6 is 11.6 Å². The van der Waals surface area contributed by atoms with E-state index in [4.69, 9.17) is 16.3 Å². The maximum absolute atomic E-state index is 12.8. The summed E-state index contributed by atoms with van der Waals surface area (Å²) in [6.07, 6.45) is -9.16. The smallest absolute Gasteiger partial charge is 0.416 e. The number of amides is 2. The SMILES string of the molecule is CC(C)[C@H](Nc1ccc(C(F)(F)F)cc1Cl)C(=O)NNC(=O)COc1cccc(C(F)(F)F)c1. The lowest BCUT2D eigenvalue weighted by atomic mass is 10.0. The van der Waals surface area contributed by atoms with E-state index in [2.05, 4.69) is 16.2 Å². The number of hydrogen-bond donors (Lipinski definition) is 3. The summed E-state index contributed by atoms with van der Waals surface area (Å²) in [7, 11) is 0. The van der Waals surface area contributed by atoms with E-state index in [1.807, 2.05) is 0 Å². The molecule has 2 aromatic carbocycles. The van der Waals surface area contributed by atoms with Crippen LogP contribution in [0.4, 0.5) is 32.0 Å². The van der Waals surface area contributed by atoms with E-state index in [1.54, 1.807) is 13.8 Å². The van der Waals surface area contributed by atoms with Crippen LogP contribution in [0.3, 0.4) is 0 Å². The van der Waals surface area contributed by atoms with Gasteiger partial charge in [0.15, 0.2) is 6.61 Å². The molecule has 0 radical (unpaired) electrons. The fraction of sp³-hybridized carbons (Fsp3) is 0.333. The van der Waals surface area contributed by atoms with Crippen LogP contribution in [-0.4, -0.2) is 24.5 Å². The van der Waals surface area contributed by atoms with Crippen LogP contribution in [0.1, 0.15) is 25.0 Å². The minimum atomic E-state index is -4.59. The zero-order valence-corrected chi connectivity index (χ0v) is 18.5. The first-order chi connectivity index (χ1) is 15.7. The molecule has 0 aromatic heterocycles. The summed E-state index contributed by atoms with van der Waals surface area (Å²) in [4.78, 5) is 24.4. The topological polar surface area (TPSA) is 79.5 Å². The van der Waals surface area contributed by atoms with Crippen LogP contribution < -0.4 is 20.9 Å². The number of rotatable bonds is 7. The first-order valence-corrected chi connectivity index (χ1v) is 10.1. The van der Waals surface area contributed by atoms with Crippen LogP contribution in [-0.2, 0) is 21.9 Å². The lowest BCUT2D eigenvalue weighted by Crippen LogP contribution is -2.51. The Morgan fingerprint density at radius 1 is 0.941 bits per heavy atom. The molecule has 0 saturated carbocycles. The minimum absolute atomic E-state index is 0.0720. The third kappa shape index (κ3) is 7.72. The lowest BCUT2D eigenvalue weighted by molar-refractivity contribution is -0.138. The Kier molecular flexibility index (Phi) is 8.65. The number of hydrazine groups is 1. The second-order valence-electron chi connectivity index (χ2n) is 7.41. The van der Waals surface area contributed by atoms with E-state index < -0.39 is 47.9 Å². The molecule has 1 atom stereocenters. The van der Waals surface area contributed by atoms with Crippen molar-refractivity contribution in [3.63, 3.8) is 0 Å². The van der Waals surface area contributed by atoms with Gasteiger partial charge in [-0.15, -0.1) is 0 Å². The molecule has 0 spiro atoms. The zero-order chi connectivity index (χ0) is 25.7. The third-order valence-corrected chi connectivity index (χ3v) is 4.73. The van der Waals surface area contributed by atoms with Gasteiger partial charge in [-0.25, -0.2) is 0 Å². The first kappa shape index (κ1) is 27.1. The minimum Gasteiger partial charge on any atom is -0.484 e. The molecular weight excluding hydrogens is 492 g/mol. The predicted molar refractivity (Wildman–Crippen MR) is 112 cm³/mol. The van der Waals surface area contributed by atoms with Crippen molar-refractivity contribution in [1.29, 1.82) is 0 Å². The standard InChI is InChI=1S/C21H20ClF6N3O3/c1-11(2)18(29-16-7-6-13(9-15(16)22)21(26,27)28)19(33)31-30-17(32)10-34-14-5-3-4-12(8-14)20(23,24)25/h3-9,11,18,29H,10H2,1-2H3,(H,30,32)(H,31,33)/t18-/m0/s1. The molecular formula is C21H20ClF6N3O3. The van der Waals surface area contributed by atoms with Crippen molar-refractivity contribution in [1.82, 2.24) is 10.9 Å². The van der Waals surface area contributed by atoms with E-state index in [0.29, 0.717) is 6.07 Å². The number of hydrogen-bond acceptors (Lipinski definition) is 4. The highest BCUT2D eigenvalue weighted by molar-refractivity contribution is 6.33. The number of benzene rings is 2. The molecule has 6 nitrogen and oxygen atoms in total. The molecule has 0 aliphatic carbocycles. The lowest BCUT2D eigenvalue weighted by Gasteiger charge is -2.23. The largest absolute Gasteiger partial charge is 0.484 e. The molecule has 0 aliphatic heterocycles. The number of carbonyl (C=O) groups is 2. The van der Waals surface area contributed by atoms with Gasteiger partial charge in [0.05, 0.1) is 21.8 Å². The van der Waals surface area contributed by atoms with Crippen molar-refractivity contribution in [2.45, 2.75) is 32.2 Å². The molecule has 0 saturated heterocycles. The third-order valence-electron chi connectivity index (χ3n) is 4.41. The van der Waals surface area contributed by atoms with Gasteiger partial charge in [-0.05, 0) is 42.3 Å². The second-order valence-corrected chi connectivity index (χ2v) is 7.82. The zero-order valence-electron chi connectivity index (χ0n) is 17.8. The van der Waals surface area contributed by atoms with Crippen molar-refractivity contribution >= 4 is 29.1 Å². The summed E-state index contributed by atoms with van der Waals surface area (Å²) in [6, 6.07) is 5.50. The Morgan fingerprint density at radius 2 is 1.56 bits per heavy atom. The highest BCUT2D eigenvalue weighted by atomic mass is 35.5. The van der Waals surface area contributed by atoms with Crippen LogP contribution in [0.25, 0.3) is 0 Å². The quantitative estimate of drug-likeness (QED) is 0.359. The molecule has 2 rings (SSSR count). The molecule has 0 bridgehead atoms. The average molecular weight is 512 g/mol. The normalized spacial score (nSPS) is 12.8. The van der Waals surface area contributed by atoms with E-state index in [1.165, 1.54) is 6.07 Å². The Balaban J connectivity index is 1.94. The molecule has 186 valence electrons. The van der Waals surface area contributed by atoms with Gasteiger partial charge in [-0.2, -0.15) is 26.3 Å². The van der Waals surface area contributed by atoms with Crippen molar-refractivity contribution in [3.05, 3.63) is 58.6 Å². The molecule has 2 amide bonds. The summed E-state index contributed by atoms with van der Waals surface area (Å²) in [6.45, 7) is 2.60. The van der Waals surface area contributed by atoms with Gasteiger partial charge < -0.3 is 10.1 Å². The van der Waals surface area contributed by atoms with Gasteiger partial charge in [0.2, 0.25) is 0 Å². The highest BCUT2D eigenvalue weighted by Crippen LogP contribution is 2.34. The fourth-order valence-corrected chi connectivity index (χ4v) is 2.90. The monoisotopic (exact) mass is 511 g/mol. The Labute approximate surface area is 195 Å². The van der Waals surface area contributed by atoms with Crippen molar-refractivity contribution < 1.29 is 40.7 Å². The number of halogens is 7. The number of nitrogens with one attached hydrogen (secondary N) is 3. The van der Waals surface area contributed by atoms with Crippen LogP contribution in [0.2, 0.25) is 5.02 Å². The summed E-state index contributed by atoms with van der Waals surface area (Å²) >= 11 is 5.90. The van der Waals surface area contributed by atoms with Gasteiger partial charge in [-0.1, -0.05) is 31.5 Å². The molecule has 0 unspecified atom stereocenters. The van der Waals surface area contributed by atoms with Crippen LogP contribution in [0.15, 0.2) is 42.5 Å². The van der Waals surface area contributed by atoms with E-state index in [9.17, 15) is 35.9 Å². The van der Waals surface area contributed by atoms with E-state index in [-0.39, 0.29) is 22.4 Å². The maximum Gasteiger partial charge on any atom is 0.416 e. The summed E-state index contributed by atoms with van der Waals surface area (Å²) in [5.41, 5.74) is 2.34. The van der Waals surface area contributed by atoms with Gasteiger partial charge in [-0.3, -0.25) is 20.4 Å². The van der Waals surface area contributed by atoms with E-state index >= 15 is 0 Å². The van der Waals surface area contributed by atoms with Gasteiger partial charge in [0.1, 0.15) is 11.8 Å². The number of carbonyl (C=O) groups excluding carboxylic acids is 2. The highest BCUT2D eigenvalue weighted by Gasteiger charge is 2.32. The molecule has 0 aliphatic rings. The van der Waals surface area contributed by atoms with Gasteiger partial charge in [0.25, 0.3) is 11.8 Å². The molecule has 13 heteroatoms. The molecule has 34 heavy (non-hydrogen) atoms. The van der Waals surface area contributed by atoms with Crippen molar-refractivity contribution in [2.75, 3.05) is 11.9 Å². The fourth-order valence-electron chi connectivity index (χ4n) is 2.67. The number of alkyl halides is 6. The molecule has 0 heterocycles. The van der Waals surface area contributed by atoms with Crippen LogP contribution in [0.5, 0.6) is 5.75 Å². The Morgan fingerprint density at radius 3 is 2.12 bits per heavy atom. The maximum atomic E-state index is 12.8. The predicted octanol–water partition coefficient (Wildman–Crippen LogP) is 5.04. The van der Waals surface area contributed by atoms with Crippen molar-refractivity contribution in [2.24, 2.45) is 5.92 Å². The first-order valence-electron chi connectivity index (χ1n) is 9.70. The van der Waals surface area contributed by atoms with Gasteiger partial charge >= 0.3 is 12.4 Å². The van der Waals surface area contributed by atoms with Gasteiger partial charge in [0, 0.05) is 0 Å². The molecule has 0 fully saturated rings. The van der Waals surface area contributed by atoms with E-state index in [0.717, 1.165) is 30.3 Å². The second kappa shape index (κ2) is 10.9. The number of ether oxygens (including phenoxy) is 1. The average Bonchev–Trinajstić information content (AvgIpc) is 2.73. The summed E-state index contributed by atoms with van der Waals surface area (Å²) in [5, 5.41) is 2.47.